The van der Waals surface area contributed by atoms with Gasteiger partial charge in [0, 0.05) is 25.7 Å². The predicted octanol–water partition coefficient (Wildman–Crippen LogP) is 2.07. The first-order valence-electron chi connectivity index (χ1n) is 7.38. The third kappa shape index (κ3) is 2.60. The minimum atomic E-state index is -3.48. The van der Waals surface area contributed by atoms with E-state index in [0.29, 0.717) is 12.6 Å². The molecule has 21 heavy (non-hydrogen) atoms. The van der Waals surface area contributed by atoms with E-state index in [1.54, 1.807) is 4.31 Å². The lowest BCUT2D eigenvalue weighted by atomic mass is 9.96. The molecule has 2 aliphatic rings. The van der Waals surface area contributed by atoms with Crippen molar-refractivity contribution in [3.63, 3.8) is 0 Å². The number of rotatable bonds is 3. The van der Waals surface area contributed by atoms with Crippen LogP contribution >= 0.6 is 0 Å². The first-order chi connectivity index (χ1) is 9.85. The molecule has 2 aliphatic heterocycles. The molecule has 2 saturated heterocycles. The van der Waals surface area contributed by atoms with Crippen molar-refractivity contribution in [3.05, 3.63) is 30.1 Å². The zero-order chi connectivity index (χ0) is 15.3. The normalized spacial score (nSPS) is 25.4. The quantitative estimate of drug-likeness (QED) is 0.802. The van der Waals surface area contributed by atoms with Gasteiger partial charge >= 0.3 is 0 Å². The molecule has 0 aliphatic carbocycles. The summed E-state index contributed by atoms with van der Waals surface area (Å²) in [4.78, 5) is 2.57. The smallest absolute Gasteiger partial charge is 0.243 e. The number of piperidine rings is 1. The highest BCUT2D eigenvalue weighted by atomic mass is 32.2. The monoisotopic (exact) mass is 312 g/mol. The van der Waals surface area contributed by atoms with E-state index in [1.807, 2.05) is 0 Å². The number of nitrogens with zero attached hydrogens (tertiary/aromatic N) is 2. The van der Waals surface area contributed by atoms with Gasteiger partial charge in [0.2, 0.25) is 10.0 Å². The third-order valence-electron chi connectivity index (χ3n) is 4.72. The van der Waals surface area contributed by atoms with Crippen LogP contribution in [0.3, 0.4) is 0 Å². The van der Waals surface area contributed by atoms with Crippen molar-refractivity contribution in [3.8, 4) is 0 Å². The second-order valence-electron chi connectivity index (χ2n) is 6.32. The summed E-state index contributed by atoms with van der Waals surface area (Å²) in [6.45, 7) is 6.80. The van der Waals surface area contributed by atoms with Crippen molar-refractivity contribution in [2.45, 2.75) is 43.2 Å². The molecule has 0 bridgehead atoms. The largest absolute Gasteiger partial charge is 0.301 e. The van der Waals surface area contributed by atoms with Crippen molar-refractivity contribution >= 4 is 10.0 Å². The Labute approximate surface area is 125 Å². The molecule has 0 radical (unpaired) electrons. The van der Waals surface area contributed by atoms with Gasteiger partial charge in [0.1, 0.15) is 5.82 Å². The molecule has 2 heterocycles. The van der Waals surface area contributed by atoms with Crippen LogP contribution in [0.15, 0.2) is 29.2 Å². The summed E-state index contributed by atoms with van der Waals surface area (Å²) in [5.74, 6) is -0.417. The van der Waals surface area contributed by atoms with Crippen molar-refractivity contribution in [1.29, 1.82) is 0 Å². The number of hydrogen-bond acceptors (Lipinski definition) is 3. The third-order valence-corrected chi connectivity index (χ3v) is 6.69. The van der Waals surface area contributed by atoms with Crippen molar-refractivity contribution in [1.82, 2.24) is 9.21 Å². The fourth-order valence-corrected chi connectivity index (χ4v) is 5.01. The van der Waals surface area contributed by atoms with Crippen LogP contribution < -0.4 is 0 Å². The minimum Gasteiger partial charge on any atom is -0.301 e. The van der Waals surface area contributed by atoms with Gasteiger partial charge in [-0.25, -0.2) is 12.8 Å². The van der Waals surface area contributed by atoms with Crippen LogP contribution in [-0.4, -0.2) is 48.8 Å². The van der Waals surface area contributed by atoms with Gasteiger partial charge in [-0.3, -0.25) is 0 Å². The molecule has 116 valence electrons. The van der Waals surface area contributed by atoms with Gasteiger partial charge in [0.25, 0.3) is 0 Å². The highest BCUT2D eigenvalue weighted by molar-refractivity contribution is 7.89. The predicted molar refractivity (Wildman–Crippen MR) is 79.0 cm³/mol. The van der Waals surface area contributed by atoms with Crippen molar-refractivity contribution < 1.29 is 12.8 Å². The molecular weight excluding hydrogens is 291 g/mol. The second kappa shape index (κ2) is 5.04. The minimum absolute atomic E-state index is 0.187. The Hall–Kier alpha value is -0.980. The highest BCUT2D eigenvalue weighted by Crippen LogP contribution is 2.46. The summed E-state index contributed by atoms with van der Waals surface area (Å²) in [6, 6.07) is 5.59. The number of sulfonamides is 1. The lowest BCUT2D eigenvalue weighted by molar-refractivity contribution is 0.156. The van der Waals surface area contributed by atoms with Crippen molar-refractivity contribution in [2.75, 3.05) is 19.6 Å². The Morgan fingerprint density at radius 1 is 1.14 bits per heavy atom. The molecule has 3 rings (SSSR count). The Morgan fingerprint density at radius 2 is 1.71 bits per heavy atom. The molecule has 1 atom stereocenters. The van der Waals surface area contributed by atoms with Crippen LogP contribution in [-0.2, 0) is 10.0 Å². The molecule has 0 amide bonds. The molecule has 0 N–H and O–H groups in total. The standard InChI is InChI=1S/C15H21FN2O2S/c1-12(2)17-9-7-15(8-10-17)11-18(15)21(19,20)14-5-3-13(16)4-6-14/h3-6,12H,7-11H2,1-2H3. The van der Waals surface area contributed by atoms with Gasteiger partial charge in [0.05, 0.1) is 10.4 Å². The maximum absolute atomic E-state index is 12.9. The molecule has 1 aromatic rings. The van der Waals surface area contributed by atoms with Gasteiger partial charge in [-0.15, -0.1) is 0 Å². The van der Waals surface area contributed by atoms with Gasteiger partial charge in [-0.1, -0.05) is 0 Å². The van der Waals surface area contributed by atoms with E-state index in [4.69, 9.17) is 0 Å². The summed E-state index contributed by atoms with van der Waals surface area (Å²) in [5.41, 5.74) is -0.196. The van der Waals surface area contributed by atoms with Crippen LogP contribution in [0.5, 0.6) is 0 Å². The van der Waals surface area contributed by atoms with Gasteiger partial charge < -0.3 is 4.90 Å². The molecule has 6 heteroatoms. The lowest BCUT2D eigenvalue weighted by Gasteiger charge is -2.34. The van der Waals surface area contributed by atoms with Crippen LogP contribution in [0.2, 0.25) is 0 Å². The van der Waals surface area contributed by atoms with E-state index >= 15 is 0 Å². The highest BCUT2D eigenvalue weighted by Gasteiger charge is 2.59. The van der Waals surface area contributed by atoms with E-state index in [-0.39, 0.29) is 10.4 Å². The zero-order valence-electron chi connectivity index (χ0n) is 12.4. The van der Waals surface area contributed by atoms with Crippen LogP contribution in [0, 0.1) is 5.82 Å². The van der Waals surface area contributed by atoms with Gasteiger partial charge in [0.15, 0.2) is 0 Å². The Kier molecular flexibility index (Phi) is 3.58. The van der Waals surface area contributed by atoms with Crippen LogP contribution in [0.25, 0.3) is 0 Å². The maximum atomic E-state index is 12.9. The maximum Gasteiger partial charge on any atom is 0.243 e. The SMILES string of the molecule is CC(C)N1CCC2(CC1)CN2S(=O)(=O)c1ccc(F)cc1. The summed E-state index contributed by atoms with van der Waals surface area (Å²) >= 11 is 0. The molecule has 1 unspecified atom stereocenters. The van der Waals surface area contributed by atoms with E-state index in [0.717, 1.165) is 25.9 Å². The van der Waals surface area contributed by atoms with Crippen LogP contribution in [0.4, 0.5) is 4.39 Å². The Bertz CT molecular complexity index is 620. The Morgan fingerprint density at radius 3 is 2.24 bits per heavy atom. The number of benzene rings is 1. The molecule has 4 nitrogen and oxygen atoms in total. The van der Waals surface area contributed by atoms with Crippen LogP contribution in [0.1, 0.15) is 26.7 Å². The molecule has 0 aromatic heterocycles. The van der Waals surface area contributed by atoms with E-state index in [1.165, 1.54) is 24.3 Å². The molecule has 1 aromatic carbocycles. The first-order valence-corrected chi connectivity index (χ1v) is 8.82. The fraction of sp³-hybridized carbons (Fsp3) is 0.600. The molecular formula is C15H21FN2O2S. The fourth-order valence-electron chi connectivity index (χ4n) is 3.17. The Balaban J connectivity index is 1.74. The number of likely N-dealkylation sites (tertiary alicyclic amines) is 1. The van der Waals surface area contributed by atoms with Gasteiger partial charge in [-0.2, -0.15) is 4.31 Å². The number of hydrogen-bond donors (Lipinski definition) is 0. The molecule has 1 spiro atoms. The zero-order valence-corrected chi connectivity index (χ0v) is 13.2. The summed E-state index contributed by atoms with van der Waals surface area (Å²) in [7, 11) is -3.48. The second-order valence-corrected chi connectivity index (χ2v) is 8.18. The summed E-state index contributed by atoms with van der Waals surface area (Å²) < 4.78 is 39.7. The average Bonchev–Trinajstić information content (AvgIpc) is 3.14. The average molecular weight is 312 g/mol. The topological polar surface area (TPSA) is 40.4 Å². The first kappa shape index (κ1) is 14.9. The lowest BCUT2D eigenvalue weighted by Crippen LogP contribution is -2.43. The van der Waals surface area contributed by atoms with Gasteiger partial charge in [-0.05, 0) is 51.0 Å². The van der Waals surface area contributed by atoms with E-state index in [9.17, 15) is 12.8 Å². The van der Waals surface area contributed by atoms with E-state index in [2.05, 4.69) is 18.7 Å². The summed E-state index contributed by atoms with van der Waals surface area (Å²) in [5, 5.41) is 0. The number of halogens is 1. The summed E-state index contributed by atoms with van der Waals surface area (Å²) in [6.07, 6.45) is 1.76. The molecule has 2 fully saturated rings. The van der Waals surface area contributed by atoms with E-state index < -0.39 is 15.8 Å². The molecule has 0 saturated carbocycles. The van der Waals surface area contributed by atoms with Crippen molar-refractivity contribution in [2.24, 2.45) is 0 Å².